The fourth-order valence-corrected chi connectivity index (χ4v) is 4.26. The molecule has 1 aromatic carbocycles. The van der Waals surface area contributed by atoms with E-state index in [-0.39, 0.29) is 42.3 Å². The minimum Gasteiger partial charge on any atom is -0.338 e. The van der Waals surface area contributed by atoms with Crippen LogP contribution >= 0.6 is 0 Å². The maximum absolute atomic E-state index is 13.5. The summed E-state index contributed by atoms with van der Waals surface area (Å²) in [7, 11) is 0. The fraction of sp³-hybridized carbons (Fsp3) is 0.409. The highest BCUT2D eigenvalue weighted by atomic mass is 19.2. The van der Waals surface area contributed by atoms with E-state index in [4.69, 9.17) is 4.52 Å². The van der Waals surface area contributed by atoms with Gasteiger partial charge in [0.25, 0.3) is 0 Å². The number of nitrogens with zero attached hydrogens (tertiary/aromatic N) is 3. The maximum atomic E-state index is 13.5. The van der Waals surface area contributed by atoms with Gasteiger partial charge in [-0.05, 0) is 37.5 Å². The number of hydrogen-bond acceptors (Lipinski definition) is 4. The molecule has 1 unspecified atom stereocenters. The minimum atomic E-state index is -1.56. The van der Waals surface area contributed by atoms with Crippen LogP contribution in [0.15, 0.2) is 29.3 Å². The summed E-state index contributed by atoms with van der Waals surface area (Å²) in [6.07, 6.45) is 3.12. The number of allylic oxidation sites excluding steroid dienone is 1. The number of carbonyl (C=O) groups excluding carboxylic acids is 2. The molecule has 1 fully saturated rings. The van der Waals surface area contributed by atoms with E-state index in [1.165, 1.54) is 0 Å². The van der Waals surface area contributed by atoms with Crippen molar-refractivity contribution in [2.45, 2.75) is 45.2 Å². The number of amides is 2. The lowest BCUT2D eigenvalue weighted by Crippen LogP contribution is -2.43. The van der Waals surface area contributed by atoms with E-state index in [2.05, 4.69) is 11.7 Å². The van der Waals surface area contributed by atoms with Gasteiger partial charge in [-0.15, -0.1) is 6.58 Å². The molecule has 0 aliphatic carbocycles. The lowest BCUT2D eigenvalue weighted by Gasteiger charge is -2.33. The molecule has 0 bridgehead atoms. The van der Waals surface area contributed by atoms with Gasteiger partial charge in [-0.3, -0.25) is 14.5 Å². The van der Waals surface area contributed by atoms with Crippen molar-refractivity contribution in [3.8, 4) is 0 Å². The second kappa shape index (κ2) is 8.20. The van der Waals surface area contributed by atoms with Gasteiger partial charge in [-0.1, -0.05) is 11.2 Å². The Bertz CT molecular complexity index is 1030. The molecule has 0 N–H and O–H groups in total. The van der Waals surface area contributed by atoms with Crippen molar-refractivity contribution in [3.05, 3.63) is 59.1 Å². The number of rotatable bonds is 5. The molecule has 164 valence electrons. The molecule has 4 rings (SSSR count). The topological polar surface area (TPSA) is 66.7 Å². The SMILES string of the molecule is C=CCC1CCN(c2onc3c2CN(C(=O)Cc2cc(F)c(F)c(F)c2)[C@@H](C)C3)C1=O. The van der Waals surface area contributed by atoms with Crippen LogP contribution in [0, 0.1) is 23.4 Å². The molecule has 2 atom stereocenters. The number of fused-ring (bicyclic) bond motifs is 1. The number of aromatic nitrogens is 1. The van der Waals surface area contributed by atoms with Crippen molar-refractivity contribution >= 4 is 17.7 Å². The first-order valence-electron chi connectivity index (χ1n) is 10.1. The largest absolute Gasteiger partial charge is 0.338 e. The van der Waals surface area contributed by atoms with Gasteiger partial charge in [0.15, 0.2) is 17.5 Å². The normalized spacial score (nSPS) is 20.8. The summed E-state index contributed by atoms with van der Waals surface area (Å²) >= 11 is 0. The molecule has 0 radical (unpaired) electrons. The number of anilines is 1. The van der Waals surface area contributed by atoms with E-state index in [0.717, 1.165) is 12.1 Å². The fourth-order valence-electron chi connectivity index (χ4n) is 4.26. The first-order chi connectivity index (χ1) is 14.8. The van der Waals surface area contributed by atoms with Crippen LogP contribution in [0.2, 0.25) is 0 Å². The molecule has 2 aliphatic heterocycles. The lowest BCUT2D eigenvalue weighted by molar-refractivity contribution is -0.133. The Morgan fingerprint density at radius 2 is 2.03 bits per heavy atom. The van der Waals surface area contributed by atoms with Crippen LogP contribution in [0.5, 0.6) is 0 Å². The van der Waals surface area contributed by atoms with Crippen LogP contribution in [0.4, 0.5) is 19.1 Å². The van der Waals surface area contributed by atoms with Crippen LogP contribution < -0.4 is 4.90 Å². The van der Waals surface area contributed by atoms with Crippen LogP contribution in [0.25, 0.3) is 0 Å². The quantitative estimate of drug-likeness (QED) is 0.535. The van der Waals surface area contributed by atoms with Crippen LogP contribution in [0.3, 0.4) is 0 Å². The zero-order valence-electron chi connectivity index (χ0n) is 17.0. The third kappa shape index (κ3) is 3.84. The molecule has 9 heteroatoms. The van der Waals surface area contributed by atoms with Gasteiger partial charge in [-0.25, -0.2) is 13.2 Å². The van der Waals surface area contributed by atoms with Crippen molar-refractivity contribution in [2.24, 2.45) is 5.92 Å². The Balaban J connectivity index is 1.54. The first-order valence-corrected chi connectivity index (χ1v) is 10.1. The van der Waals surface area contributed by atoms with Crippen LogP contribution in [-0.4, -0.2) is 34.5 Å². The van der Waals surface area contributed by atoms with Gasteiger partial charge < -0.3 is 9.42 Å². The van der Waals surface area contributed by atoms with E-state index in [9.17, 15) is 22.8 Å². The molecule has 0 spiro atoms. The molecular weight excluding hydrogens is 411 g/mol. The molecule has 1 aromatic heterocycles. The summed E-state index contributed by atoms with van der Waals surface area (Å²) in [4.78, 5) is 28.7. The van der Waals surface area contributed by atoms with Gasteiger partial charge in [0.2, 0.25) is 17.7 Å². The standard InChI is InChI=1S/C22H22F3N3O3/c1-3-4-14-5-6-27(21(14)30)22-15-11-28(12(2)7-18(15)26-31-22)19(29)10-13-8-16(23)20(25)17(24)9-13/h3,8-9,12,14H,1,4-7,10-11H2,2H3/t12-,14?/m0/s1. The van der Waals surface area contributed by atoms with Crippen molar-refractivity contribution in [1.82, 2.24) is 10.1 Å². The Kier molecular flexibility index (Phi) is 5.60. The summed E-state index contributed by atoms with van der Waals surface area (Å²) in [6, 6.07) is 1.42. The highest BCUT2D eigenvalue weighted by Gasteiger charge is 2.39. The predicted molar refractivity (Wildman–Crippen MR) is 106 cm³/mol. The summed E-state index contributed by atoms with van der Waals surface area (Å²) < 4.78 is 45.7. The Labute approximate surface area is 177 Å². The number of halogens is 3. The van der Waals surface area contributed by atoms with Crippen molar-refractivity contribution in [3.63, 3.8) is 0 Å². The Hall–Kier alpha value is -3.10. The van der Waals surface area contributed by atoms with E-state index in [1.807, 2.05) is 6.92 Å². The monoisotopic (exact) mass is 433 g/mol. The summed E-state index contributed by atoms with van der Waals surface area (Å²) in [6.45, 7) is 6.18. The maximum Gasteiger partial charge on any atom is 0.239 e. The molecule has 2 aliphatic rings. The average molecular weight is 433 g/mol. The van der Waals surface area contributed by atoms with Crippen molar-refractivity contribution in [2.75, 3.05) is 11.4 Å². The third-order valence-electron chi connectivity index (χ3n) is 5.93. The second-order valence-electron chi connectivity index (χ2n) is 8.04. The summed E-state index contributed by atoms with van der Waals surface area (Å²) in [5, 5.41) is 4.10. The zero-order chi connectivity index (χ0) is 22.3. The highest BCUT2D eigenvalue weighted by molar-refractivity contribution is 5.96. The van der Waals surface area contributed by atoms with Gasteiger partial charge in [0.1, 0.15) is 0 Å². The van der Waals surface area contributed by atoms with E-state index >= 15 is 0 Å². The van der Waals surface area contributed by atoms with Gasteiger partial charge in [0.05, 0.1) is 24.2 Å². The van der Waals surface area contributed by atoms with E-state index in [1.54, 1.807) is 15.9 Å². The molecule has 0 saturated carbocycles. The van der Waals surface area contributed by atoms with E-state index in [0.29, 0.717) is 42.9 Å². The number of benzene rings is 1. The molecule has 6 nitrogen and oxygen atoms in total. The van der Waals surface area contributed by atoms with Crippen molar-refractivity contribution in [1.29, 1.82) is 0 Å². The Morgan fingerprint density at radius 3 is 2.71 bits per heavy atom. The third-order valence-corrected chi connectivity index (χ3v) is 5.93. The lowest BCUT2D eigenvalue weighted by atomic mass is 9.99. The molecule has 3 heterocycles. The number of carbonyl (C=O) groups is 2. The predicted octanol–water partition coefficient (Wildman–Crippen LogP) is 3.54. The zero-order valence-corrected chi connectivity index (χ0v) is 17.0. The first kappa shape index (κ1) is 21.1. The molecule has 1 saturated heterocycles. The van der Waals surface area contributed by atoms with Gasteiger partial charge in [-0.2, -0.15) is 0 Å². The molecule has 31 heavy (non-hydrogen) atoms. The molecule has 2 amide bonds. The second-order valence-corrected chi connectivity index (χ2v) is 8.04. The Morgan fingerprint density at radius 1 is 1.32 bits per heavy atom. The van der Waals surface area contributed by atoms with Gasteiger partial charge >= 0.3 is 0 Å². The van der Waals surface area contributed by atoms with Crippen LogP contribution in [-0.2, 0) is 29.0 Å². The smallest absolute Gasteiger partial charge is 0.239 e. The minimum absolute atomic E-state index is 0.0481. The molecule has 2 aromatic rings. The van der Waals surface area contributed by atoms with E-state index < -0.39 is 17.5 Å². The van der Waals surface area contributed by atoms with Gasteiger partial charge in [0, 0.05) is 24.9 Å². The summed E-state index contributed by atoms with van der Waals surface area (Å²) in [5.41, 5.74) is 1.40. The number of hydrogen-bond donors (Lipinski definition) is 0. The van der Waals surface area contributed by atoms with Crippen LogP contribution in [0.1, 0.15) is 36.6 Å². The molecular formula is C22H22F3N3O3. The highest BCUT2D eigenvalue weighted by Crippen LogP contribution is 2.35. The average Bonchev–Trinajstić information content (AvgIpc) is 3.28. The van der Waals surface area contributed by atoms with Crippen molar-refractivity contribution < 1.29 is 27.3 Å². The summed E-state index contributed by atoms with van der Waals surface area (Å²) in [5.74, 6) is -4.47.